The van der Waals surface area contributed by atoms with Gasteiger partial charge in [-0.2, -0.15) is 0 Å². The molecule has 0 aliphatic carbocycles. The minimum Gasteiger partial charge on any atom is -0.489 e. The minimum absolute atomic E-state index is 0.408. The number of nitrogens with two attached hydrogens (primary N) is 1. The standard InChI is InChI=1S/C21H26N4O3S/c1-13(2)10-21(3,22)11-28-16-6-5-15(19-18(16)24-12-29-19)14-7-8-23-17(9-14)25-20(26)27-4/h5-9,12-13H,10-11,22H2,1-4H3,(H,23,25,26). The van der Waals surface area contributed by atoms with E-state index in [4.69, 9.17) is 10.5 Å². The largest absolute Gasteiger partial charge is 0.489 e. The number of methoxy groups -OCH3 is 1. The molecule has 0 saturated carbocycles. The normalized spacial score (nSPS) is 13.3. The molecule has 0 saturated heterocycles. The van der Waals surface area contributed by atoms with E-state index in [0.29, 0.717) is 24.1 Å². The van der Waals surface area contributed by atoms with Crippen molar-refractivity contribution in [2.45, 2.75) is 32.7 Å². The fourth-order valence-electron chi connectivity index (χ4n) is 3.33. The van der Waals surface area contributed by atoms with Gasteiger partial charge in [-0.1, -0.05) is 13.8 Å². The number of hydrogen-bond acceptors (Lipinski definition) is 7. The summed E-state index contributed by atoms with van der Waals surface area (Å²) < 4.78 is 11.7. The number of anilines is 1. The molecule has 7 nitrogen and oxygen atoms in total. The predicted octanol–water partition coefficient (Wildman–Crippen LogP) is 4.68. The van der Waals surface area contributed by atoms with E-state index in [-0.39, 0.29) is 0 Å². The highest BCUT2D eigenvalue weighted by molar-refractivity contribution is 7.17. The second-order valence-electron chi connectivity index (χ2n) is 7.73. The molecule has 154 valence electrons. The third-order valence-electron chi connectivity index (χ3n) is 4.37. The molecule has 0 spiro atoms. The lowest BCUT2D eigenvalue weighted by Crippen LogP contribution is -2.43. The maximum absolute atomic E-state index is 11.5. The molecule has 3 N–H and O–H groups in total. The molecule has 8 heteroatoms. The Labute approximate surface area is 174 Å². The van der Waals surface area contributed by atoms with Crippen molar-refractivity contribution in [3.05, 3.63) is 36.0 Å². The number of ether oxygens (including phenoxy) is 2. The topological polar surface area (TPSA) is 99.4 Å². The number of carbonyl (C=O) groups excluding carboxylic acids is 1. The zero-order chi connectivity index (χ0) is 21.0. The quantitative estimate of drug-likeness (QED) is 0.582. The van der Waals surface area contributed by atoms with Crippen LogP contribution < -0.4 is 15.8 Å². The predicted molar refractivity (Wildman–Crippen MR) is 116 cm³/mol. The van der Waals surface area contributed by atoms with Crippen molar-refractivity contribution in [3.63, 3.8) is 0 Å². The van der Waals surface area contributed by atoms with Crippen LogP contribution in [0.15, 0.2) is 36.0 Å². The molecule has 0 radical (unpaired) electrons. The van der Waals surface area contributed by atoms with E-state index in [9.17, 15) is 4.79 Å². The number of nitrogens with zero attached hydrogens (tertiary/aromatic N) is 2. The van der Waals surface area contributed by atoms with Crippen LogP contribution >= 0.6 is 11.3 Å². The molecule has 2 heterocycles. The summed E-state index contributed by atoms with van der Waals surface area (Å²) in [5.74, 6) is 1.63. The van der Waals surface area contributed by atoms with Gasteiger partial charge in [0, 0.05) is 17.3 Å². The van der Waals surface area contributed by atoms with Crippen molar-refractivity contribution in [3.8, 4) is 16.9 Å². The van der Waals surface area contributed by atoms with Gasteiger partial charge < -0.3 is 15.2 Å². The highest BCUT2D eigenvalue weighted by Gasteiger charge is 2.22. The first-order valence-corrected chi connectivity index (χ1v) is 10.3. The Bertz CT molecular complexity index is 1000. The first-order valence-electron chi connectivity index (χ1n) is 9.38. The fourth-order valence-corrected chi connectivity index (χ4v) is 4.17. The maximum Gasteiger partial charge on any atom is 0.412 e. The average Bonchev–Trinajstić information content (AvgIpc) is 3.15. The number of rotatable bonds is 7. The molecule has 1 atom stereocenters. The fraction of sp³-hybridized carbons (Fsp3) is 0.381. The van der Waals surface area contributed by atoms with Crippen LogP contribution in [0, 0.1) is 5.92 Å². The van der Waals surface area contributed by atoms with E-state index in [1.54, 1.807) is 17.8 Å². The van der Waals surface area contributed by atoms with E-state index in [0.717, 1.165) is 27.8 Å². The summed E-state index contributed by atoms with van der Waals surface area (Å²) in [7, 11) is 1.31. The number of pyridine rings is 1. The number of aromatic nitrogens is 2. The summed E-state index contributed by atoms with van der Waals surface area (Å²) in [6, 6.07) is 7.59. The molecule has 0 fully saturated rings. The highest BCUT2D eigenvalue weighted by atomic mass is 32.1. The average molecular weight is 415 g/mol. The summed E-state index contributed by atoms with van der Waals surface area (Å²) in [6.07, 6.45) is 1.95. The molecule has 1 unspecified atom stereocenters. The maximum atomic E-state index is 11.5. The molecule has 1 aromatic carbocycles. The monoisotopic (exact) mass is 414 g/mol. The van der Waals surface area contributed by atoms with Gasteiger partial charge in [0.15, 0.2) is 0 Å². The Balaban J connectivity index is 1.88. The molecule has 0 aliphatic heterocycles. The van der Waals surface area contributed by atoms with Crippen LogP contribution in [0.4, 0.5) is 10.6 Å². The highest BCUT2D eigenvalue weighted by Crippen LogP contribution is 2.37. The molecular formula is C21H26N4O3S. The van der Waals surface area contributed by atoms with E-state index in [1.807, 2.05) is 25.1 Å². The molecule has 1 amide bonds. The van der Waals surface area contributed by atoms with Crippen LogP contribution in [-0.4, -0.2) is 35.3 Å². The van der Waals surface area contributed by atoms with Gasteiger partial charge in [-0.05, 0) is 49.1 Å². The van der Waals surface area contributed by atoms with E-state index in [1.165, 1.54) is 18.4 Å². The smallest absolute Gasteiger partial charge is 0.412 e. The van der Waals surface area contributed by atoms with Crippen LogP contribution in [0.5, 0.6) is 5.75 Å². The Morgan fingerprint density at radius 2 is 2.10 bits per heavy atom. The first kappa shape index (κ1) is 21.0. The number of fused-ring (bicyclic) bond motifs is 1. The van der Waals surface area contributed by atoms with E-state index >= 15 is 0 Å². The summed E-state index contributed by atoms with van der Waals surface area (Å²) in [5.41, 5.74) is 10.5. The number of benzene rings is 1. The molecule has 0 aliphatic rings. The van der Waals surface area contributed by atoms with Crippen molar-refractivity contribution >= 4 is 33.5 Å². The Morgan fingerprint density at radius 3 is 2.83 bits per heavy atom. The molecule has 0 bridgehead atoms. The number of nitrogens with one attached hydrogen (secondary N) is 1. The van der Waals surface area contributed by atoms with Gasteiger partial charge in [0.05, 0.1) is 17.3 Å². The first-order chi connectivity index (χ1) is 13.8. The van der Waals surface area contributed by atoms with E-state index < -0.39 is 11.6 Å². The van der Waals surface area contributed by atoms with Crippen LogP contribution in [0.3, 0.4) is 0 Å². The SMILES string of the molecule is COC(=O)Nc1cc(-c2ccc(OCC(C)(N)CC(C)C)c3ncsc23)ccn1. The number of hydrogen-bond donors (Lipinski definition) is 2. The zero-order valence-corrected chi connectivity index (χ0v) is 17.9. The third kappa shape index (κ3) is 5.21. The van der Waals surface area contributed by atoms with Gasteiger partial charge in [-0.3, -0.25) is 5.32 Å². The van der Waals surface area contributed by atoms with Crippen molar-refractivity contribution < 1.29 is 14.3 Å². The zero-order valence-electron chi connectivity index (χ0n) is 17.1. The van der Waals surface area contributed by atoms with Crippen LogP contribution in [0.2, 0.25) is 0 Å². The molecule has 2 aromatic heterocycles. The van der Waals surface area contributed by atoms with Gasteiger partial charge in [-0.15, -0.1) is 11.3 Å². The summed E-state index contributed by atoms with van der Waals surface area (Å²) >= 11 is 1.54. The van der Waals surface area contributed by atoms with Crippen LogP contribution in [0.1, 0.15) is 27.2 Å². The summed E-state index contributed by atoms with van der Waals surface area (Å²) in [4.78, 5) is 20.1. The van der Waals surface area contributed by atoms with Crippen molar-refractivity contribution in [2.75, 3.05) is 19.0 Å². The lowest BCUT2D eigenvalue weighted by molar-refractivity contribution is 0.187. The Kier molecular flexibility index (Phi) is 6.34. The van der Waals surface area contributed by atoms with Gasteiger partial charge in [0.1, 0.15) is 23.7 Å². The van der Waals surface area contributed by atoms with Crippen LogP contribution in [-0.2, 0) is 4.74 Å². The molecular weight excluding hydrogens is 388 g/mol. The Morgan fingerprint density at radius 1 is 1.31 bits per heavy atom. The van der Waals surface area contributed by atoms with Gasteiger partial charge in [0.2, 0.25) is 0 Å². The van der Waals surface area contributed by atoms with Gasteiger partial charge in [0.25, 0.3) is 0 Å². The van der Waals surface area contributed by atoms with Crippen molar-refractivity contribution in [1.29, 1.82) is 0 Å². The van der Waals surface area contributed by atoms with Crippen LogP contribution in [0.25, 0.3) is 21.3 Å². The molecule has 3 rings (SSSR count). The van der Waals surface area contributed by atoms with Crippen molar-refractivity contribution in [2.24, 2.45) is 11.7 Å². The second-order valence-corrected chi connectivity index (χ2v) is 8.58. The van der Waals surface area contributed by atoms with Crippen molar-refractivity contribution in [1.82, 2.24) is 9.97 Å². The third-order valence-corrected chi connectivity index (χ3v) is 5.23. The lowest BCUT2D eigenvalue weighted by atomic mass is 9.93. The number of thiazole rings is 1. The summed E-state index contributed by atoms with van der Waals surface area (Å²) in [5, 5.41) is 2.58. The van der Waals surface area contributed by atoms with E-state index in [2.05, 4.69) is 33.9 Å². The lowest BCUT2D eigenvalue weighted by Gasteiger charge is -2.26. The summed E-state index contributed by atoms with van der Waals surface area (Å²) in [6.45, 7) is 6.72. The minimum atomic E-state index is -0.562. The molecule has 29 heavy (non-hydrogen) atoms. The van der Waals surface area contributed by atoms with Gasteiger partial charge >= 0.3 is 6.09 Å². The number of carbonyl (C=O) groups is 1. The second kappa shape index (κ2) is 8.75. The molecule has 3 aromatic rings. The Hall–Kier alpha value is -2.71. The van der Waals surface area contributed by atoms with Gasteiger partial charge in [-0.25, -0.2) is 14.8 Å². The number of amides is 1.